The first-order valence-electron chi connectivity index (χ1n) is 19.2. The van der Waals surface area contributed by atoms with Crippen LogP contribution in [0.3, 0.4) is 0 Å². The average molecular weight is 671 g/mol. The van der Waals surface area contributed by atoms with Crippen molar-refractivity contribution in [3.63, 3.8) is 0 Å². The molecule has 0 fully saturated rings. The number of rotatable bonds is 8. The van der Waals surface area contributed by atoms with Crippen LogP contribution < -0.4 is 0 Å². The molecule has 278 valence electrons. The van der Waals surface area contributed by atoms with Gasteiger partial charge in [-0.3, -0.25) is 0 Å². The molecule has 49 heavy (non-hydrogen) atoms. The van der Waals surface area contributed by atoms with Gasteiger partial charge in [0.25, 0.3) is 0 Å². The minimum atomic E-state index is 0.833. The zero-order valence-electron chi connectivity index (χ0n) is 35.6. The number of unbranched alkanes of at least 4 members (excludes halogenated alkanes) is 1. The molecular weight excluding hydrogens is 589 g/mol. The van der Waals surface area contributed by atoms with Gasteiger partial charge >= 0.3 is 0 Å². The maximum Gasteiger partial charge on any atom is -0.00229 e. The summed E-state index contributed by atoms with van der Waals surface area (Å²) >= 11 is 0. The Kier molecular flexibility index (Phi) is 47.9. The van der Waals surface area contributed by atoms with E-state index in [1.54, 1.807) is 0 Å². The summed E-state index contributed by atoms with van der Waals surface area (Å²) in [4.78, 5) is 0. The number of aryl methyl sites for hydroxylation is 1. The Bertz CT molecular complexity index is 1140. The largest absolute Gasteiger partial charge is 0.106 e. The summed E-state index contributed by atoms with van der Waals surface area (Å²) < 4.78 is 0. The first-order chi connectivity index (χ1) is 23.5. The van der Waals surface area contributed by atoms with Crippen LogP contribution in [0.2, 0.25) is 0 Å². The molecule has 0 heterocycles. The summed E-state index contributed by atoms with van der Waals surface area (Å²) in [6.45, 7) is 44.1. The monoisotopic (exact) mass is 671 g/mol. The Morgan fingerprint density at radius 2 is 1.06 bits per heavy atom. The van der Waals surface area contributed by atoms with E-state index in [0.717, 1.165) is 17.9 Å². The van der Waals surface area contributed by atoms with Crippen LogP contribution in [0.15, 0.2) is 133 Å². The SMILES string of the molecule is C=C.C=C(C)/C=C(Cc1cccc(-c2ccccc2)c1)\C(C)=C(/C)CCCC.CC.CC.CC(C)C.CCC.CCC.Cc1ccccc1. The summed E-state index contributed by atoms with van der Waals surface area (Å²) in [5.74, 6) is 0.833. The molecule has 3 rings (SSSR count). The maximum absolute atomic E-state index is 4.11. The second-order valence-electron chi connectivity index (χ2n) is 12.1. The van der Waals surface area contributed by atoms with Crippen molar-refractivity contribution in [1.29, 1.82) is 0 Å². The lowest BCUT2D eigenvalue weighted by Gasteiger charge is -2.14. The normalized spacial score (nSPS) is 9.78. The second-order valence-corrected chi connectivity index (χ2v) is 12.1. The highest BCUT2D eigenvalue weighted by atomic mass is 14.1. The molecule has 0 bridgehead atoms. The van der Waals surface area contributed by atoms with Gasteiger partial charge in [-0.2, -0.15) is 0 Å². The Labute approximate surface area is 309 Å². The molecular formula is C49H82. The van der Waals surface area contributed by atoms with Crippen LogP contribution in [-0.4, -0.2) is 0 Å². The van der Waals surface area contributed by atoms with Crippen molar-refractivity contribution in [3.8, 4) is 11.1 Å². The van der Waals surface area contributed by atoms with Crippen molar-refractivity contribution in [2.75, 3.05) is 0 Å². The Morgan fingerprint density at radius 1 is 0.653 bits per heavy atom. The van der Waals surface area contributed by atoms with Crippen LogP contribution >= 0.6 is 0 Å². The van der Waals surface area contributed by atoms with E-state index < -0.39 is 0 Å². The van der Waals surface area contributed by atoms with Gasteiger partial charge in [0.05, 0.1) is 0 Å². The molecule has 0 aliphatic rings. The molecule has 0 saturated carbocycles. The maximum atomic E-state index is 4.11. The molecule has 3 aromatic rings. The summed E-state index contributed by atoms with van der Waals surface area (Å²) in [7, 11) is 0. The van der Waals surface area contributed by atoms with E-state index in [4.69, 9.17) is 0 Å². The van der Waals surface area contributed by atoms with E-state index >= 15 is 0 Å². The van der Waals surface area contributed by atoms with Gasteiger partial charge in [-0.25, -0.2) is 0 Å². The first-order valence-corrected chi connectivity index (χ1v) is 19.2. The molecule has 0 nitrogen and oxygen atoms in total. The highest BCUT2D eigenvalue weighted by molar-refractivity contribution is 5.64. The van der Waals surface area contributed by atoms with Gasteiger partial charge in [-0.05, 0) is 80.7 Å². The highest BCUT2D eigenvalue weighted by Gasteiger charge is 2.07. The molecule has 0 aliphatic carbocycles. The topological polar surface area (TPSA) is 0 Å². The van der Waals surface area contributed by atoms with Crippen LogP contribution in [0.5, 0.6) is 0 Å². The van der Waals surface area contributed by atoms with E-state index in [9.17, 15) is 0 Å². The smallest absolute Gasteiger partial charge is 0.00229 e. The zero-order chi connectivity index (χ0) is 39.0. The van der Waals surface area contributed by atoms with Crippen molar-refractivity contribution in [1.82, 2.24) is 0 Å². The fourth-order valence-electron chi connectivity index (χ4n) is 3.74. The molecule has 0 spiro atoms. The third-order valence-electron chi connectivity index (χ3n) is 5.82. The van der Waals surface area contributed by atoms with E-state index in [0.29, 0.717) is 0 Å². The number of benzene rings is 3. The lowest BCUT2D eigenvalue weighted by molar-refractivity contribution is 0.737. The molecule has 0 N–H and O–H groups in total. The third-order valence-corrected chi connectivity index (χ3v) is 5.82. The minimum Gasteiger partial charge on any atom is -0.106 e. The standard InChI is InChI=1S/C26H32.C7H8.C4H10.2C3H8.2C2H6.C2H4/c1-6-7-12-21(4)22(5)26(17-20(2)3)19-23-13-11-16-25(18-23)24-14-9-8-10-15-24;1-7-5-3-2-4-6-7;1-4(2)3;2*1-3-2;3*1-2/h8-11,13-18H,2,6-7,12,19H2,1,3-5H3;2-6H,1H3;4H,1-3H3;2*3H2,1-2H3;2*1-2H3;1-2H2/b22-21+,26-17-;;;;;;;. The minimum absolute atomic E-state index is 0.833. The van der Waals surface area contributed by atoms with Crippen molar-refractivity contribution >= 4 is 0 Å². The van der Waals surface area contributed by atoms with Crippen LogP contribution in [0.25, 0.3) is 11.1 Å². The van der Waals surface area contributed by atoms with E-state index in [1.165, 1.54) is 71.1 Å². The van der Waals surface area contributed by atoms with Crippen LogP contribution in [-0.2, 0) is 6.42 Å². The molecule has 0 radical (unpaired) electrons. The van der Waals surface area contributed by atoms with Gasteiger partial charge in [0, 0.05) is 0 Å². The third kappa shape index (κ3) is 37.3. The van der Waals surface area contributed by atoms with Gasteiger partial charge < -0.3 is 0 Å². The van der Waals surface area contributed by atoms with Gasteiger partial charge in [0.1, 0.15) is 0 Å². The van der Waals surface area contributed by atoms with E-state index in [-0.39, 0.29) is 0 Å². The first kappa shape index (κ1) is 55.0. The summed E-state index contributed by atoms with van der Waals surface area (Å²) in [6.07, 6.45) is 9.37. The van der Waals surface area contributed by atoms with Crippen LogP contribution in [0.4, 0.5) is 0 Å². The van der Waals surface area contributed by atoms with Gasteiger partial charge in [0.15, 0.2) is 0 Å². The molecule has 0 heteroatoms. The molecule has 0 atom stereocenters. The van der Waals surface area contributed by atoms with Gasteiger partial charge in [-0.1, -0.05) is 217 Å². The van der Waals surface area contributed by atoms with E-state index in [1.807, 2.05) is 45.9 Å². The molecule has 0 aliphatic heterocycles. The van der Waals surface area contributed by atoms with Crippen molar-refractivity contribution in [2.24, 2.45) is 5.92 Å². The lowest BCUT2D eigenvalue weighted by Crippen LogP contribution is -1.97. The van der Waals surface area contributed by atoms with Crippen molar-refractivity contribution in [2.45, 2.75) is 149 Å². The fraction of sp³-hybridized carbons (Fsp3) is 0.469. The van der Waals surface area contributed by atoms with Crippen molar-refractivity contribution in [3.05, 3.63) is 144 Å². The molecule has 0 amide bonds. The lowest BCUT2D eigenvalue weighted by atomic mass is 9.91. The zero-order valence-corrected chi connectivity index (χ0v) is 35.6. The Balaban J connectivity index is -0.000000229. The van der Waals surface area contributed by atoms with Gasteiger partial charge in [-0.15, -0.1) is 13.2 Å². The fourth-order valence-corrected chi connectivity index (χ4v) is 3.74. The molecule has 0 aromatic heterocycles. The molecule has 0 saturated heterocycles. The summed E-state index contributed by atoms with van der Waals surface area (Å²) in [5, 5.41) is 0. The molecule has 3 aromatic carbocycles. The average Bonchev–Trinajstić information content (AvgIpc) is 3.10. The summed E-state index contributed by atoms with van der Waals surface area (Å²) in [5.41, 5.74) is 10.6. The number of hydrogen-bond acceptors (Lipinski definition) is 0. The van der Waals surface area contributed by atoms with E-state index in [2.05, 4.69) is 176 Å². The van der Waals surface area contributed by atoms with Crippen LogP contribution in [0.1, 0.15) is 147 Å². The van der Waals surface area contributed by atoms with Crippen LogP contribution in [0, 0.1) is 12.8 Å². The van der Waals surface area contributed by atoms with Crippen molar-refractivity contribution < 1.29 is 0 Å². The highest BCUT2D eigenvalue weighted by Crippen LogP contribution is 2.26. The predicted octanol–water partition coefficient (Wildman–Crippen LogP) is 17.3. The molecule has 0 unspecified atom stereocenters. The number of hydrogen-bond donors (Lipinski definition) is 0. The Hall–Kier alpha value is -3.38. The second kappa shape index (κ2) is 42.6. The van der Waals surface area contributed by atoms with Gasteiger partial charge in [0.2, 0.25) is 0 Å². The number of allylic oxidation sites excluding steroid dienone is 5. The predicted molar refractivity (Wildman–Crippen MR) is 234 cm³/mol. The Morgan fingerprint density at radius 3 is 1.43 bits per heavy atom. The quantitative estimate of drug-likeness (QED) is 0.165. The summed E-state index contributed by atoms with van der Waals surface area (Å²) in [6, 6.07) is 29.8.